The summed E-state index contributed by atoms with van der Waals surface area (Å²) in [5.41, 5.74) is 0.490. The third-order valence-electron chi connectivity index (χ3n) is 3.69. The van der Waals surface area contributed by atoms with E-state index in [1.807, 2.05) is 19.1 Å². The van der Waals surface area contributed by atoms with Gasteiger partial charge in [0.05, 0.1) is 10.6 Å². The minimum absolute atomic E-state index is 0.0283. The van der Waals surface area contributed by atoms with E-state index >= 15 is 0 Å². The molecule has 2 rings (SSSR count). The molecule has 1 unspecified atom stereocenters. The Morgan fingerprint density at radius 3 is 2.44 bits per heavy atom. The van der Waals surface area contributed by atoms with Crippen molar-refractivity contribution in [1.82, 2.24) is 0 Å². The Hall–Kier alpha value is -2.01. The molecule has 0 heterocycles. The van der Waals surface area contributed by atoms with E-state index in [9.17, 15) is 13.2 Å². The van der Waals surface area contributed by atoms with Crippen LogP contribution in [0.5, 0.6) is 5.75 Å². The topological polar surface area (TPSA) is 21.6 Å². The highest BCUT2D eigenvalue weighted by Crippen LogP contribution is 2.35. The van der Waals surface area contributed by atoms with Crippen LogP contribution in [0.1, 0.15) is 37.0 Å². The monoisotopic (exact) mass is 369 g/mol. The van der Waals surface area contributed by atoms with Crippen molar-refractivity contribution in [2.24, 2.45) is 4.99 Å². The highest BCUT2D eigenvalue weighted by atomic mass is 35.5. The number of halogens is 4. The first-order valence-corrected chi connectivity index (χ1v) is 8.29. The second-order valence-electron chi connectivity index (χ2n) is 5.71. The van der Waals surface area contributed by atoms with Crippen LogP contribution in [0.3, 0.4) is 0 Å². The summed E-state index contributed by atoms with van der Waals surface area (Å²) in [4.78, 5) is 4.39. The van der Waals surface area contributed by atoms with Gasteiger partial charge in [-0.25, -0.2) is 0 Å². The van der Waals surface area contributed by atoms with E-state index in [-0.39, 0.29) is 17.7 Å². The number of ether oxygens (including phenoxy) is 1. The maximum absolute atomic E-state index is 12.9. The molecular weight excluding hydrogens is 351 g/mol. The van der Waals surface area contributed by atoms with Crippen LogP contribution in [-0.2, 0) is 12.8 Å². The molecule has 6 heteroatoms. The van der Waals surface area contributed by atoms with Crippen LogP contribution in [-0.4, -0.2) is 12.3 Å². The van der Waals surface area contributed by atoms with Gasteiger partial charge in [0.15, 0.2) is 0 Å². The number of alkyl halides is 3. The molecule has 2 aromatic carbocycles. The lowest BCUT2D eigenvalue weighted by Crippen LogP contribution is -2.07. The second-order valence-corrected chi connectivity index (χ2v) is 6.11. The van der Waals surface area contributed by atoms with Crippen LogP contribution >= 0.6 is 11.6 Å². The highest BCUT2D eigenvalue weighted by molar-refractivity contribution is 6.31. The minimum Gasteiger partial charge on any atom is -0.489 e. The van der Waals surface area contributed by atoms with Crippen molar-refractivity contribution in [2.45, 2.75) is 39.1 Å². The van der Waals surface area contributed by atoms with E-state index < -0.39 is 11.7 Å². The number of benzene rings is 2. The number of nitrogens with zero attached hydrogens (tertiary/aromatic N) is 1. The molecule has 0 fully saturated rings. The van der Waals surface area contributed by atoms with Gasteiger partial charge in [0.2, 0.25) is 0 Å². The Balaban J connectivity index is 2.01. The summed E-state index contributed by atoms with van der Waals surface area (Å²) in [7, 11) is 0. The fourth-order valence-electron chi connectivity index (χ4n) is 2.01. The molecule has 0 aliphatic heterocycles. The standard InChI is InChI=1S/C19H19ClF3NO/c1-3-13(2)24-11-14-4-7-16(8-5-14)25-12-15-6-9-18(20)17(10-15)19(21,22)23/h4-11,13H,3,12H2,1-2H3. The molecule has 0 saturated carbocycles. The van der Waals surface area contributed by atoms with Gasteiger partial charge in [0.1, 0.15) is 12.4 Å². The van der Waals surface area contributed by atoms with Crippen molar-refractivity contribution in [2.75, 3.05) is 0 Å². The summed E-state index contributed by atoms with van der Waals surface area (Å²) in [5, 5.41) is -0.318. The Morgan fingerprint density at radius 2 is 1.84 bits per heavy atom. The van der Waals surface area contributed by atoms with Crippen molar-refractivity contribution in [1.29, 1.82) is 0 Å². The molecule has 2 aromatic rings. The highest BCUT2D eigenvalue weighted by Gasteiger charge is 2.33. The van der Waals surface area contributed by atoms with Crippen LogP contribution < -0.4 is 4.74 Å². The maximum Gasteiger partial charge on any atom is 0.417 e. The summed E-state index contributed by atoms with van der Waals surface area (Å²) in [6.07, 6.45) is -1.71. The zero-order valence-electron chi connectivity index (χ0n) is 14.0. The lowest BCUT2D eigenvalue weighted by atomic mass is 10.1. The van der Waals surface area contributed by atoms with E-state index in [1.54, 1.807) is 18.3 Å². The van der Waals surface area contributed by atoms with E-state index in [4.69, 9.17) is 16.3 Å². The molecule has 0 bridgehead atoms. The molecule has 0 saturated heterocycles. The second kappa shape index (κ2) is 8.39. The van der Waals surface area contributed by atoms with Gasteiger partial charge in [-0.05, 0) is 60.9 Å². The fourth-order valence-corrected chi connectivity index (χ4v) is 2.24. The van der Waals surface area contributed by atoms with E-state index in [1.165, 1.54) is 12.1 Å². The number of hydrogen-bond acceptors (Lipinski definition) is 2. The fraction of sp³-hybridized carbons (Fsp3) is 0.316. The number of rotatable bonds is 6. The van der Waals surface area contributed by atoms with E-state index in [0.717, 1.165) is 18.1 Å². The summed E-state index contributed by atoms with van der Waals surface area (Å²) in [6.45, 7) is 4.13. The molecule has 1 atom stereocenters. The van der Waals surface area contributed by atoms with Gasteiger partial charge in [0.25, 0.3) is 0 Å². The van der Waals surface area contributed by atoms with Crippen molar-refractivity contribution in [3.63, 3.8) is 0 Å². The first kappa shape index (κ1) is 19.3. The Bertz CT molecular complexity index is 726. The lowest BCUT2D eigenvalue weighted by molar-refractivity contribution is -0.137. The summed E-state index contributed by atoms with van der Waals surface area (Å²) >= 11 is 5.60. The molecule has 0 aliphatic carbocycles. The first-order valence-electron chi connectivity index (χ1n) is 7.91. The lowest BCUT2D eigenvalue weighted by Gasteiger charge is -2.12. The van der Waals surface area contributed by atoms with Crippen molar-refractivity contribution in [3.8, 4) is 5.75 Å². The van der Waals surface area contributed by atoms with Gasteiger partial charge < -0.3 is 4.74 Å². The van der Waals surface area contributed by atoms with E-state index in [2.05, 4.69) is 11.9 Å². The van der Waals surface area contributed by atoms with Crippen LogP contribution in [0.4, 0.5) is 13.2 Å². The maximum atomic E-state index is 12.9. The molecule has 0 spiro atoms. The van der Waals surface area contributed by atoms with Gasteiger partial charge in [-0.1, -0.05) is 24.6 Å². The molecule has 0 aliphatic rings. The van der Waals surface area contributed by atoms with Gasteiger partial charge in [-0.3, -0.25) is 4.99 Å². The summed E-state index contributed by atoms with van der Waals surface area (Å²) in [6, 6.07) is 11.3. The normalized spacial score (nSPS) is 13.2. The Kier molecular flexibility index (Phi) is 6.48. The van der Waals surface area contributed by atoms with Crippen molar-refractivity contribution >= 4 is 17.8 Å². The predicted molar refractivity (Wildman–Crippen MR) is 94.6 cm³/mol. The molecule has 0 amide bonds. The third kappa shape index (κ3) is 5.78. The van der Waals surface area contributed by atoms with Crippen molar-refractivity contribution in [3.05, 3.63) is 64.2 Å². The van der Waals surface area contributed by atoms with Crippen molar-refractivity contribution < 1.29 is 17.9 Å². The zero-order valence-corrected chi connectivity index (χ0v) is 14.7. The van der Waals surface area contributed by atoms with Crippen LogP contribution in [0.15, 0.2) is 47.5 Å². The molecular formula is C19H19ClF3NO. The quantitative estimate of drug-likeness (QED) is 0.559. The molecule has 25 heavy (non-hydrogen) atoms. The van der Waals surface area contributed by atoms with Gasteiger partial charge in [-0.15, -0.1) is 0 Å². The minimum atomic E-state index is -4.48. The molecule has 0 radical (unpaired) electrons. The Labute approximate surface area is 150 Å². The zero-order chi connectivity index (χ0) is 18.4. The van der Waals surface area contributed by atoms with Gasteiger partial charge in [-0.2, -0.15) is 13.2 Å². The van der Waals surface area contributed by atoms with Gasteiger partial charge >= 0.3 is 6.18 Å². The van der Waals surface area contributed by atoms with E-state index in [0.29, 0.717) is 11.3 Å². The summed E-state index contributed by atoms with van der Waals surface area (Å²) in [5.74, 6) is 0.573. The smallest absolute Gasteiger partial charge is 0.417 e. The first-order chi connectivity index (χ1) is 11.8. The Morgan fingerprint density at radius 1 is 1.16 bits per heavy atom. The SMILES string of the molecule is CCC(C)N=Cc1ccc(OCc2ccc(Cl)c(C(F)(F)F)c2)cc1. The van der Waals surface area contributed by atoms with Crippen LogP contribution in [0.25, 0.3) is 0 Å². The predicted octanol–water partition coefficient (Wildman–Crippen LogP) is 6.16. The van der Waals surface area contributed by atoms with Crippen LogP contribution in [0.2, 0.25) is 5.02 Å². The molecule has 134 valence electrons. The molecule has 0 aromatic heterocycles. The molecule has 2 nitrogen and oxygen atoms in total. The summed E-state index contributed by atoms with van der Waals surface area (Å²) < 4.78 is 44.1. The number of aliphatic imine (C=N–C) groups is 1. The number of hydrogen-bond donors (Lipinski definition) is 0. The largest absolute Gasteiger partial charge is 0.489 e. The average molecular weight is 370 g/mol. The molecule has 0 N–H and O–H groups in total. The average Bonchev–Trinajstić information content (AvgIpc) is 2.58. The van der Waals surface area contributed by atoms with Gasteiger partial charge in [0, 0.05) is 12.3 Å². The van der Waals surface area contributed by atoms with Crippen LogP contribution in [0, 0.1) is 0 Å². The third-order valence-corrected chi connectivity index (χ3v) is 4.02.